The number of nitrogens with zero attached hydrogens (tertiary/aromatic N) is 5. The first-order valence-electron chi connectivity index (χ1n) is 5.95. The van der Waals surface area contributed by atoms with Gasteiger partial charge in [0.1, 0.15) is 0 Å². The van der Waals surface area contributed by atoms with E-state index in [0.717, 1.165) is 4.96 Å². The number of carbonyl (C=O) groups excluding carboxylic acids is 1. The van der Waals surface area contributed by atoms with Crippen LogP contribution in [0.25, 0.3) is 10.8 Å². The third-order valence-electron chi connectivity index (χ3n) is 2.92. The lowest BCUT2D eigenvalue weighted by Gasteiger charge is -2.06. The minimum Gasteiger partial charge on any atom is -0.390 e. The van der Waals surface area contributed by atoms with E-state index in [9.17, 15) is 9.90 Å². The molecular formula is C12H13N5O2S. The van der Waals surface area contributed by atoms with Crippen LogP contribution in [0.3, 0.4) is 0 Å². The molecule has 0 radical (unpaired) electrons. The van der Waals surface area contributed by atoms with Gasteiger partial charge in [-0.2, -0.15) is 10.1 Å². The van der Waals surface area contributed by atoms with Gasteiger partial charge in [0.25, 0.3) is 5.91 Å². The van der Waals surface area contributed by atoms with Crippen molar-refractivity contribution in [2.24, 2.45) is 0 Å². The number of amides is 1. The highest BCUT2D eigenvalue weighted by atomic mass is 32.1. The van der Waals surface area contributed by atoms with Crippen LogP contribution in [0.4, 0.5) is 0 Å². The summed E-state index contributed by atoms with van der Waals surface area (Å²) in [5.74, 6) is 0.368. The molecule has 20 heavy (non-hydrogen) atoms. The van der Waals surface area contributed by atoms with Gasteiger partial charge in [-0.3, -0.25) is 9.20 Å². The second-order valence-corrected chi connectivity index (χ2v) is 5.31. The molecule has 3 aromatic heterocycles. The number of aliphatic hydroxyl groups is 1. The zero-order valence-electron chi connectivity index (χ0n) is 11.0. The number of carbonyl (C=O) groups is 1. The summed E-state index contributed by atoms with van der Waals surface area (Å²) in [6.45, 7) is -0.149. The molecule has 0 atom stereocenters. The molecule has 3 aromatic rings. The van der Waals surface area contributed by atoms with Gasteiger partial charge in [-0.05, 0) is 6.07 Å². The summed E-state index contributed by atoms with van der Waals surface area (Å²) in [6.07, 6.45) is 3.51. The van der Waals surface area contributed by atoms with Crippen LogP contribution in [0, 0.1) is 0 Å². The Bertz CT molecular complexity index is 770. The van der Waals surface area contributed by atoms with Crippen LogP contribution in [0.2, 0.25) is 0 Å². The summed E-state index contributed by atoms with van der Waals surface area (Å²) in [6, 6.07) is 1.64. The molecule has 0 saturated carbocycles. The van der Waals surface area contributed by atoms with Gasteiger partial charge >= 0.3 is 0 Å². The van der Waals surface area contributed by atoms with Crippen LogP contribution in [-0.4, -0.2) is 49.2 Å². The molecule has 8 heteroatoms. The van der Waals surface area contributed by atoms with Crippen molar-refractivity contribution >= 4 is 22.2 Å². The maximum atomic E-state index is 11.8. The average molecular weight is 291 g/mol. The van der Waals surface area contributed by atoms with E-state index in [-0.39, 0.29) is 12.5 Å². The van der Waals surface area contributed by atoms with Crippen molar-refractivity contribution in [3.05, 3.63) is 35.2 Å². The Morgan fingerprint density at radius 2 is 2.25 bits per heavy atom. The van der Waals surface area contributed by atoms with Gasteiger partial charge in [-0.1, -0.05) is 0 Å². The molecule has 7 nitrogen and oxygen atoms in total. The van der Waals surface area contributed by atoms with E-state index in [2.05, 4.69) is 10.1 Å². The van der Waals surface area contributed by atoms with E-state index in [1.54, 1.807) is 26.4 Å². The number of rotatable bonds is 3. The fraction of sp³-hybridized carbons (Fsp3) is 0.250. The van der Waals surface area contributed by atoms with Gasteiger partial charge in [0.15, 0.2) is 16.5 Å². The van der Waals surface area contributed by atoms with Crippen LogP contribution in [0.1, 0.15) is 16.2 Å². The SMILES string of the molecule is CN(C)C(=O)c1ccn(-c2nc3sccn3c2CO)n1. The van der Waals surface area contributed by atoms with Crippen LogP contribution in [0.15, 0.2) is 23.8 Å². The van der Waals surface area contributed by atoms with Crippen molar-refractivity contribution in [3.8, 4) is 5.82 Å². The third kappa shape index (κ3) is 1.89. The maximum absolute atomic E-state index is 11.8. The molecule has 0 fully saturated rings. The van der Waals surface area contributed by atoms with E-state index in [1.165, 1.54) is 20.9 Å². The number of aliphatic hydroxyl groups excluding tert-OH is 1. The Balaban J connectivity index is 2.07. The second-order valence-electron chi connectivity index (χ2n) is 4.44. The van der Waals surface area contributed by atoms with Gasteiger partial charge in [0, 0.05) is 31.9 Å². The fourth-order valence-corrected chi connectivity index (χ4v) is 2.66. The number of aromatic nitrogens is 4. The molecule has 0 bridgehead atoms. The Hall–Kier alpha value is -2.19. The van der Waals surface area contributed by atoms with Crippen LogP contribution < -0.4 is 0 Å². The monoisotopic (exact) mass is 291 g/mol. The summed E-state index contributed by atoms with van der Waals surface area (Å²) in [5.41, 5.74) is 0.989. The second kappa shape index (κ2) is 4.73. The number of hydrogen-bond acceptors (Lipinski definition) is 5. The first-order chi connectivity index (χ1) is 9.61. The highest BCUT2D eigenvalue weighted by Crippen LogP contribution is 2.20. The summed E-state index contributed by atoms with van der Waals surface area (Å²) >= 11 is 1.47. The molecule has 104 valence electrons. The fourth-order valence-electron chi connectivity index (χ4n) is 1.94. The number of hydrogen-bond donors (Lipinski definition) is 1. The minimum atomic E-state index is -0.171. The van der Waals surface area contributed by atoms with Crippen LogP contribution in [-0.2, 0) is 6.61 Å². The van der Waals surface area contributed by atoms with Crippen molar-refractivity contribution < 1.29 is 9.90 Å². The minimum absolute atomic E-state index is 0.149. The van der Waals surface area contributed by atoms with Gasteiger partial charge in [-0.15, -0.1) is 11.3 Å². The Kier molecular flexibility index (Phi) is 3.03. The molecule has 1 amide bonds. The predicted molar refractivity (Wildman–Crippen MR) is 74.1 cm³/mol. The zero-order valence-corrected chi connectivity index (χ0v) is 11.8. The van der Waals surface area contributed by atoms with Gasteiger partial charge < -0.3 is 10.0 Å². The summed E-state index contributed by atoms with van der Waals surface area (Å²) < 4.78 is 3.33. The van der Waals surface area contributed by atoms with Gasteiger partial charge in [0.2, 0.25) is 0 Å². The molecular weight excluding hydrogens is 278 g/mol. The van der Waals surface area contributed by atoms with Crippen molar-refractivity contribution in [1.82, 2.24) is 24.1 Å². The molecule has 0 aliphatic heterocycles. The number of thiazole rings is 1. The standard InChI is InChI=1S/C12H13N5O2S/c1-15(2)11(19)8-3-4-17(14-8)10-9(7-18)16-5-6-20-12(16)13-10/h3-6,18H,7H2,1-2H3. The molecule has 0 aromatic carbocycles. The molecule has 3 heterocycles. The van der Waals surface area contributed by atoms with E-state index in [4.69, 9.17) is 0 Å². The molecule has 0 aliphatic rings. The zero-order chi connectivity index (χ0) is 14.3. The number of fused-ring (bicyclic) bond motifs is 1. The van der Waals surface area contributed by atoms with E-state index < -0.39 is 0 Å². The van der Waals surface area contributed by atoms with Crippen molar-refractivity contribution in [2.75, 3.05) is 14.1 Å². The smallest absolute Gasteiger partial charge is 0.273 e. The molecule has 0 unspecified atom stereocenters. The van der Waals surface area contributed by atoms with Gasteiger partial charge in [0.05, 0.1) is 12.3 Å². The van der Waals surface area contributed by atoms with Crippen molar-refractivity contribution in [2.45, 2.75) is 6.61 Å². The Morgan fingerprint density at radius 1 is 1.45 bits per heavy atom. The van der Waals surface area contributed by atoms with Crippen LogP contribution in [0.5, 0.6) is 0 Å². The maximum Gasteiger partial charge on any atom is 0.273 e. The van der Waals surface area contributed by atoms with E-state index in [1.807, 2.05) is 16.0 Å². The Labute approximate surface area is 118 Å². The van der Waals surface area contributed by atoms with Crippen molar-refractivity contribution in [1.29, 1.82) is 0 Å². The summed E-state index contributed by atoms with van der Waals surface area (Å²) in [4.78, 5) is 18.5. The molecule has 0 aliphatic carbocycles. The normalized spacial score (nSPS) is 11.2. The summed E-state index contributed by atoms with van der Waals surface area (Å²) in [5, 5.41) is 15.6. The lowest BCUT2D eigenvalue weighted by Crippen LogP contribution is -2.22. The molecule has 1 N–H and O–H groups in total. The largest absolute Gasteiger partial charge is 0.390 e. The average Bonchev–Trinajstić information content (AvgIpc) is 3.11. The lowest BCUT2D eigenvalue weighted by atomic mass is 10.4. The van der Waals surface area contributed by atoms with Gasteiger partial charge in [-0.25, -0.2) is 4.68 Å². The van der Waals surface area contributed by atoms with E-state index in [0.29, 0.717) is 17.2 Å². The topological polar surface area (TPSA) is 75.7 Å². The first-order valence-corrected chi connectivity index (χ1v) is 6.82. The molecule has 3 rings (SSSR count). The van der Waals surface area contributed by atoms with E-state index >= 15 is 0 Å². The lowest BCUT2D eigenvalue weighted by molar-refractivity contribution is 0.0821. The predicted octanol–water partition coefficient (Wildman–Crippen LogP) is 0.776. The van der Waals surface area contributed by atoms with Crippen LogP contribution >= 0.6 is 11.3 Å². The summed E-state index contributed by atoms with van der Waals surface area (Å²) in [7, 11) is 3.35. The molecule has 0 spiro atoms. The Morgan fingerprint density at radius 3 is 2.95 bits per heavy atom. The quantitative estimate of drug-likeness (QED) is 0.773. The highest BCUT2D eigenvalue weighted by Gasteiger charge is 2.17. The molecule has 0 saturated heterocycles. The van der Waals surface area contributed by atoms with Crippen molar-refractivity contribution in [3.63, 3.8) is 0 Å². The highest BCUT2D eigenvalue weighted by molar-refractivity contribution is 7.15. The number of imidazole rings is 1. The third-order valence-corrected chi connectivity index (χ3v) is 3.68. The first kappa shape index (κ1) is 12.8.